The van der Waals surface area contributed by atoms with Crippen LogP contribution in [0.2, 0.25) is 5.02 Å². The number of hydrogen-bond acceptors (Lipinski definition) is 6. The summed E-state index contributed by atoms with van der Waals surface area (Å²) in [5, 5.41) is 3.18. The van der Waals surface area contributed by atoms with Crippen molar-refractivity contribution in [2.45, 2.75) is 19.8 Å². The molecule has 0 spiro atoms. The average molecular weight is 475 g/mol. The number of fused-ring (bicyclic) bond motifs is 1. The Bertz CT molecular complexity index is 1030. The highest BCUT2D eigenvalue weighted by Gasteiger charge is 2.26. The number of rotatable bonds is 11. The molecule has 0 bridgehead atoms. The van der Waals surface area contributed by atoms with Crippen LogP contribution >= 0.6 is 11.6 Å². The maximum atomic E-state index is 12.7. The summed E-state index contributed by atoms with van der Waals surface area (Å²) in [7, 11) is 1.57. The Morgan fingerprint density at radius 3 is 2.82 bits per heavy atom. The van der Waals surface area contributed by atoms with E-state index < -0.39 is 0 Å². The zero-order chi connectivity index (χ0) is 23.8. The minimum absolute atomic E-state index is 0.0880. The highest BCUT2D eigenvalue weighted by Crippen LogP contribution is 2.33. The molecule has 0 radical (unpaired) electrons. The molecule has 33 heavy (non-hydrogen) atoms. The maximum absolute atomic E-state index is 12.7. The summed E-state index contributed by atoms with van der Waals surface area (Å²) >= 11 is 6.13. The molecule has 0 aromatic heterocycles. The van der Waals surface area contributed by atoms with Gasteiger partial charge in [0.25, 0.3) is 5.91 Å². The first-order chi connectivity index (χ1) is 15.9. The number of carbonyl (C=O) groups is 3. The van der Waals surface area contributed by atoms with E-state index in [0.29, 0.717) is 53.9 Å². The molecule has 8 nitrogen and oxygen atoms in total. The van der Waals surface area contributed by atoms with Crippen LogP contribution in [0.1, 0.15) is 28.8 Å². The van der Waals surface area contributed by atoms with E-state index >= 15 is 0 Å². The van der Waals surface area contributed by atoms with Crippen molar-refractivity contribution in [3.05, 3.63) is 52.5 Å². The molecule has 0 saturated heterocycles. The molecule has 9 heteroatoms. The SMILES string of the molecule is COCCNC(=O)CCCN1C(=O)COc2ccc(C(=O)COc3cc(C)ccc3Cl)cc21. The number of benzene rings is 2. The molecule has 0 unspecified atom stereocenters. The fraction of sp³-hybridized carbons (Fsp3) is 0.375. The van der Waals surface area contributed by atoms with Crippen LogP contribution in [-0.4, -0.2) is 57.6 Å². The molecule has 0 aliphatic carbocycles. The van der Waals surface area contributed by atoms with Gasteiger partial charge in [-0.05, 0) is 49.2 Å². The third kappa shape index (κ3) is 6.69. The minimum Gasteiger partial charge on any atom is -0.484 e. The highest BCUT2D eigenvalue weighted by molar-refractivity contribution is 6.32. The van der Waals surface area contributed by atoms with Crippen LogP contribution in [0.4, 0.5) is 5.69 Å². The molecule has 0 fully saturated rings. The lowest BCUT2D eigenvalue weighted by molar-refractivity contribution is -0.123. The second-order valence-electron chi connectivity index (χ2n) is 7.61. The van der Waals surface area contributed by atoms with Gasteiger partial charge in [0.2, 0.25) is 5.91 Å². The molecule has 2 aromatic rings. The van der Waals surface area contributed by atoms with Gasteiger partial charge in [-0.1, -0.05) is 17.7 Å². The number of ether oxygens (including phenoxy) is 3. The molecule has 1 aliphatic rings. The Hall–Kier alpha value is -3.10. The summed E-state index contributed by atoms with van der Waals surface area (Å²) in [5.41, 5.74) is 1.86. The van der Waals surface area contributed by atoms with E-state index in [1.54, 1.807) is 42.3 Å². The highest BCUT2D eigenvalue weighted by atomic mass is 35.5. The number of anilines is 1. The van der Waals surface area contributed by atoms with E-state index in [4.69, 9.17) is 25.8 Å². The molecule has 2 amide bonds. The third-order valence-corrected chi connectivity index (χ3v) is 5.40. The van der Waals surface area contributed by atoms with Gasteiger partial charge in [0.05, 0.1) is 17.3 Å². The number of halogens is 1. The van der Waals surface area contributed by atoms with Crippen molar-refractivity contribution in [2.24, 2.45) is 0 Å². The van der Waals surface area contributed by atoms with Crippen LogP contribution in [0.15, 0.2) is 36.4 Å². The second kappa shape index (κ2) is 11.7. The monoisotopic (exact) mass is 474 g/mol. The summed E-state index contributed by atoms with van der Waals surface area (Å²) in [6.45, 7) is 2.84. The number of aryl methyl sites for hydroxylation is 1. The van der Waals surface area contributed by atoms with Crippen molar-refractivity contribution in [2.75, 3.05) is 44.9 Å². The Balaban J connectivity index is 1.64. The summed E-state index contributed by atoms with van der Waals surface area (Å²) in [4.78, 5) is 38.7. The van der Waals surface area contributed by atoms with Crippen molar-refractivity contribution in [3.63, 3.8) is 0 Å². The smallest absolute Gasteiger partial charge is 0.265 e. The minimum atomic E-state index is -0.258. The Labute approximate surface area is 197 Å². The van der Waals surface area contributed by atoms with Gasteiger partial charge in [-0.15, -0.1) is 0 Å². The van der Waals surface area contributed by atoms with E-state index in [9.17, 15) is 14.4 Å². The van der Waals surface area contributed by atoms with Gasteiger partial charge in [-0.2, -0.15) is 0 Å². The van der Waals surface area contributed by atoms with E-state index in [1.807, 2.05) is 13.0 Å². The number of carbonyl (C=O) groups excluding carboxylic acids is 3. The number of hydrogen-bond donors (Lipinski definition) is 1. The number of methoxy groups -OCH3 is 1. The normalized spacial score (nSPS) is 12.7. The van der Waals surface area contributed by atoms with Crippen molar-refractivity contribution in [3.8, 4) is 11.5 Å². The summed E-state index contributed by atoms with van der Waals surface area (Å²) < 4.78 is 16.0. The molecule has 0 atom stereocenters. The van der Waals surface area contributed by atoms with E-state index in [2.05, 4.69) is 5.32 Å². The molecule has 0 saturated carbocycles. The second-order valence-corrected chi connectivity index (χ2v) is 8.02. The Morgan fingerprint density at radius 1 is 1.21 bits per heavy atom. The van der Waals surface area contributed by atoms with Gasteiger partial charge in [-0.25, -0.2) is 0 Å². The van der Waals surface area contributed by atoms with E-state index in [1.165, 1.54) is 0 Å². The van der Waals surface area contributed by atoms with Gasteiger partial charge in [-0.3, -0.25) is 14.4 Å². The number of amides is 2. The van der Waals surface area contributed by atoms with Crippen molar-refractivity contribution in [1.82, 2.24) is 5.32 Å². The number of ketones is 1. The predicted octanol–water partition coefficient (Wildman–Crippen LogP) is 3.18. The summed E-state index contributed by atoms with van der Waals surface area (Å²) in [6.07, 6.45) is 0.741. The molecule has 3 rings (SSSR count). The van der Waals surface area contributed by atoms with Crippen LogP contribution < -0.4 is 19.7 Å². The van der Waals surface area contributed by atoms with Crippen LogP contribution in [0.3, 0.4) is 0 Å². The van der Waals surface area contributed by atoms with Gasteiger partial charge in [0.15, 0.2) is 19.0 Å². The largest absolute Gasteiger partial charge is 0.484 e. The molecule has 1 heterocycles. The Kier molecular flexibility index (Phi) is 8.68. The molecule has 1 N–H and O–H groups in total. The van der Waals surface area contributed by atoms with Crippen molar-refractivity contribution in [1.29, 1.82) is 0 Å². The molecule has 176 valence electrons. The molecular weight excluding hydrogens is 448 g/mol. The molecule has 2 aromatic carbocycles. The van der Waals surface area contributed by atoms with Crippen molar-refractivity contribution < 1.29 is 28.6 Å². The first-order valence-corrected chi connectivity index (χ1v) is 11.0. The van der Waals surface area contributed by atoms with Gasteiger partial charge in [0, 0.05) is 32.2 Å². The fourth-order valence-electron chi connectivity index (χ4n) is 3.35. The lowest BCUT2D eigenvalue weighted by Gasteiger charge is -2.29. The van der Waals surface area contributed by atoms with Crippen LogP contribution in [0.5, 0.6) is 11.5 Å². The van der Waals surface area contributed by atoms with Crippen LogP contribution in [-0.2, 0) is 14.3 Å². The predicted molar refractivity (Wildman–Crippen MR) is 124 cm³/mol. The van der Waals surface area contributed by atoms with Crippen LogP contribution in [0, 0.1) is 6.92 Å². The third-order valence-electron chi connectivity index (χ3n) is 5.08. The summed E-state index contributed by atoms with van der Waals surface area (Å²) in [5.74, 6) is 0.356. The van der Waals surface area contributed by atoms with Crippen LogP contribution in [0.25, 0.3) is 0 Å². The van der Waals surface area contributed by atoms with E-state index in [-0.39, 0.29) is 37.2 Å². The van der Waals surface area contributed by atoms with Gasteiger partial charge >= 0.3 is 0 Å². The number of nitrogens with zero attached hydrogens (tertiary/aromatic N) is 1. The topological polar surface area (TPSA) is 94.2 Å². The van der Waals surface area contributed by atoms with Gasteiger partial charge < -0.3 is 24.4 Å². The quantitative estimate of drug-likeness (QED) is 0.397. The Morgan fingerprint density at radius 2 is 2.03 bits per heavy atom. The molecular formula is C24H27ClN2O6. The zero-order valence-electron chi connectivity index (χ0n) is 18.7. The summed E-state index contributed by atoms with van der Waals surface area (Å²) in [6, 6.07) is 10.3. The zero-order valence-corrected chi connectivity index (χ0v) is 19.4. The van der Waals surface area contributed by atoms with Gasteiger partial charge in [0.1, 0.15) is 11.5 Å². The fourth-order valence-corrected chi connectivity index (χ4v) is 3.52. The van der Waals surface area contributed by atoms with E-state index in [0.717, 1.165) is 5.56 Å². The van der Waals surface area contributed by atoms with Crippen molar-refractivity contribution >= 4 is 34.9 Å². The average Bonchev–Trinajstić information content (AvgIpc) is 2.80. The lowest BCUT2D eigenvalue weighted by Crippen LogP contribution is -2.40. The standard InChI is InChI=1S/C24H27ClN2O6/c1-16-5-7-18(25)22(12-16)32-14-20(28)17-6-8-21-19(13-17)27(24(30)15-33-21)10-3-4-23(29)26-9-11-31-2/h5-8,12-13H,3-4,9-11,14-15H2,1-2H3,(H,26,29). The maximum Gasteiger partial charge on any atom is 0.265 e. The lowest BCUT2D eigenvalue weighted by atomic mass is 10.1. The first kappa shape index (κ1) is 24.5. The molecule has 1 aliphatic heterocycles. The number of nitrogens with one attached hydrogen (secondary N) is 1. The first-order valence-electron chi connectivity index (χ1n) is 10.6. The number of Topliss-reactive ketones (excluding diaryl/α,β-unsaturated/α-hetero) is 1.